The highest BCUT2D eigenvalue weighted by Gasteiger charge is 2.29. The average Bonchev–Trinajstić information content (AvgIpc) is 2.90. The van der Waals surface area contributed by atoms with Crippen LogP contribution in [0.15, 0.2) is 70.0 Å². The van der Waals surface area contributed by atoms with Gasteiger partial charge in [0.15, 0.2) is 11.6 Å². The van der Waals surface area contributed by atoms with Crippen molar-refractivity contribution >= 4 is 74.3 Å². The fourth-order valence-electron chi connectivity index (χ4n) is 3.81. The average molecular weight is 675 g/mol. The van der Waals surface area contributed by atoms with Gasteiger partial charge >= 0.3 is 0 Å². The molecule has 1 aliphatic carbocycles. The van der Waals surface area contributed by atoms with Crippen molar-refractivity contribution < 1.29 is 27.2 Å². The van der Waals surface area contributed by atoms with E-state index in [1.807, 2.05) is 0 Å². The summed E-state index contributed by atoms with van der Waals surface area (Å²) >= 11 is 16.1. The van der Waals surface area contributed by atoms with Gasteiger partial charge in [-0.2, -0.15) is 0 Å². The number of hydrogen-bond donors (Lipinski definition) is 2. The van der Waals surface area contributed by atoms with E-state index in [1.165, 1.54) is 31.3 Å². The second-order valence-corrected chi connectivity index (χ2v) is 11.2. The summed E-state index contributed by atoms with van der Waals surface area (Å²) in [6, 6.07) is 7.92. The summed E-state index contributed by atoms with van der Waals surface area (Å²) in [5.41, 5.74) is -1.03. The molecule has 2 atom stereocenters. The quantitative estimate of drug-likeness (QED) is 0.142. The first kappa shape index (κ1) is 30.1. The summed E-state index contributed by atoms with van der Waals surface area (Å²) in [7, 11) is 0. The first-order valence-electron chi connectivity index (χ1n) is 11.5. The zero-order chi connectivity index (χ0) is 29.1. The van der Waals surface area contributed by atoms with Gasteiger partial charge in [-0.15, -0.1) is 0 Å². The Hall–Kier alpha value is -2.86. The Morgan fingerprint density at radius 3 is 2.52 bits per heavy atom. The highest BCUT2D eigenvalue weighted by atomic mass is 79.9. The summed E-state index contributed by atoms with van der Waals surface area (Å²) in [6.07, 6.45) is 1.74. The number of nitrogens with zero attached hydrogens (tertiary/aromatic N) is 1. The molecule has 0 aliphatic heterocycles. The van der Waals surface area contributed by atoms with E-state index < -0.39 is 46.8 Å². The topological polar surface area (TPSA) is 71.1 Å². The highest BCUT2D eigenvalue weighted by molar-refractivity contribution is 9.10. The number of anilines is 2. The van der Waals surface area contributed by atoms with Crippen molar-refractivity contribution in [3.05, 3.63) is 108 Å². The molecule has 0 saturated heterocycles. The van der Waals surface area contributed by atoms with Gasteiger partial charge in [0.2, 0.25) is 0 Å². The monoisotopic (exact) mass is 673 g/mol. The lowest BCUT2D eigenvalue weighted by atomic mass is 9.91. The van der Waals surface area contributed by atoms with Gasteiger partial charge in [-0.3, -0.25) is 9.59 Å². The van der Waals surface area contributed by atoms with Gasteiger partial charge in [-0.05, 0) is 70.4 Å². The zero-order valence-electron chi connectivity index (χ0n) is 20.4. The van der Waals surface area contributed by atoms with E-state index in [4.69, 9.17) is 23.2 Å². The molecule has 2 unspecified atom stereocenters. The summed E-state index contributed by atoms with van der Waals surface area (Å²) in [5.74, 6) is -5.89. The first-order chi connectivity index (χ1) is 19.0. The molecule has 1 heterocycles. The Morgan fingerprint density at radius 1 is 1.12 bits per heavy atom. The fraction of sp³-hybridized carbons (Fsp3) is 0.148. The standard InChI is InChI=1S/C27H18BrCl2F4N3O2S/c1-12(15-9-13(28)11-35-26(15)36-27(39)22-16(29)3-2-4-17(22)30)25(38)23-19(33)7-8-20(24(23)34)37-40-21-10-14(31)5-6-18(21)32/h2-5,7-12,18,37H,6H2,1H3,(H,35,36,39). The van der Waals surface area contributed by atoms with Crippen molar-refractivity contribution in [1.82, 2.24) is 4.98 Å². The van der Waals surface area contributed by atoms with E-state index in [1.54, 1.807) is 6.07 Å². The van der Waals surface area contributed by atoms with Gasteiger partial charge in [0.25, 0.3) is 5.91 Å². The zero-order valence-corrected chi connectivity index (χ0v) is 24.3. The van der Waals surface area contributed by atoms with Crippen LogP contribution in [0.1, 0.15) is 45.5 Å². The molecule has 5 nitrogen and oxygen atoms in total. The van der Waals surface area contributed by atoms with Crippen LogP contribution in [0.3, 0.4) is 0 Å². The molecule has 1 amide bonds. The lowest BCUT2D eigenvalue weighted by molar-refractivity contribution is 0.0955. The minimum absolute atomic E-state index is 0.0205. The van der Waals surface area contributed by atoms with E-state index in [9.17, 15) is 22.8 Å². The van der Waals surface area contributed by atoms with Crippen LogP contribution in [-0.2, 0) is 0 Å². The third-order valence-electron chi connectivity index (χ3n) is 5.89. The van der Waals surface area contributed by atoms with E-state index in [0.29, 0.717) is 16.4 Å². The molecule has 3 aromatic rings. The lowest BCUT2D eigenvalue weighted by Crippen LogP contribution is -2.20. The molecule has 2 N–H and O–H groups in total. The Bertz CT molecular complexity index is 1550. The molecule has 1 aliphatic rings. The Balaban J connectivity index is 1.62. The molecule has 4 rings (SSSR count). The van der Waals surface area contributed by atoms with E-state index in [-0.39, 0.29) is 44.0 Å². The number of halogens is 7. The smallest absolute Gasteiger partial charge is 0.259 e. The number of pyridine rings is 1. The number of ketones is 1. The third kappa shape index (κ3) is 6.54. The van der Waals surface area contributed by atoms with Crippen LogP contribution in [0.4, 0.5) is 29.1 Å². The number of amides is 1. The van der Waals surface area contributed by atoms with Crippen molar-refractivity contribution in [3.63, 3.8) is 0 Å². The molecule has 2 aromatic carbocycles. The minimum atomic E-state index is -1.50. The van der Waals surface area contributed by atoms with E-state index in [2.05, 4.69) is 31.0 Å². The van der Waals surface area contributed by atoms with Crippen LogP contribution >= 0.6 is 51.1 Å². The van der Waals surface area contributed by atoms with Crippen LogP contribution in [0.5, 0.6) is 0 Å². The van der Waals surface area contributed by atoms with Crippen molar-refractivity contribution in [1.29, 1.82) is 0 Å². The normalized spacial score (nSPS) is 15.7. The predicted octanol–water partition coefficient (Wildman–Crippen LogP) is 9.21. The van der Waals surface area contributed by atoms with Crippen molar-refractivity contribution in [2.24, 2.45) is 0 Å². The van der Waals surface area contributed by atoms with Gasteiger partial charge < -0.3 is 10.0 Å². The largest absolute Gasteiger partial charge is 0.323 e. The first-order valence-corrected chi connectivity index (χ1v) is 13.9. The van der Waals surface area contributed by atoms with Gasteiger partial charge in [-0.1, -0.05) is 36.2 Å². The Kier molecular flexibility index (Phi) is 9.60. The molecule has 1 aromatic heterocycles. The number of carbonyl (C=O) groups excluding carboxylic acids is 2. The van der Waals surface area contributed by atoms with Crippen molar-refractivity contribution in [3.8, 4) is 0 Å². The molecular weight excluding hydrogens is 657 g/mol. The fourth-order valence-corrected chi connectivity index (χ4v) is 5.51. The second-order valence-electron chi connectivity index (χ2n) is 8.56. The second kappa shape index (κ2) is 12.8. The molecule has 13 heteroatoms. The van der Waals surface area contributed by atoms with Crippen molar-refractivity contribution in [2.75, 3.05) is 10.0 Å². The summed E-state index contributed by atoms with van der Waals surface area (Å²) in [4.78, 5) is 30.5. The number of nitrogens with one attached hydrogen (secondary N) is 2. The van der Waals surface area contributed by atoms with Crippen LogP contribution < -0.4 is 10.0 Å². The summed E-state index contributed by atoms with van der Waals surface area (Å²) < 4.78 is 60.8. The third-order valence-corrected chi connectivity index (χ3v) is 7.89. The number of Topliss-reactive ketones (excluding diaryl/α,β-unsaturated/α-hetero) is 1. The molecule has 0 spiro atoms. The molecule has 208 valence electrons. The maximum atomic E-state index is 15.4. The number of carbonyl (C=O) groups is 2. The predicted molar refractivity (Wildman–Crippen MR) is 153 cm³/mol. The maximum absolute atomic E-state index is 15.4. The van der Waals surface area contributed by atoms with Gasteiger partial charge in [0, 0.05) is 33.5 Å². The summed E-state index contributed by atoms with van der Waals surface area (Å²) in [5, 5.41) is 2.72. The number of aromatic nitrogens is 1. The molecular formula is C27H18BrCl2F4N3O2S. The van der Waals surface area contributed by atoms with Gasteiger partial charge in [-0.25, -0.2) is 22.5 Å². The Labute approximate surface area is 249 Å². The van der Waals surface area contributed by atoms with Crippen LogP contribution in [-0.4, -0.2) is 22.8 Å². The highest BCUT2D eigenvalue weighted by Crippen LogP contribution is 2.35. The number of rotatable bonds is 8. The van der Waals surface area contributed by atoms with Crippen LogP contribution in [0.2, 0.25) is 10.0 Å². The molecule has 40 heavy (non-hydrogen) atoms. The Morgan fingerprint density at radius 2 is 1.82 bits per heavy atom. The number of hydrogen-bond acceptors (Lipinski definition) is 5. The number of benzene rings is 2. The SMILES string of the molecule is CC(C(=O)c1c(F)ccc(NSC2=CC(F)=CCC2F)c1F)c1cc(Br)cnc1NC(=O)c1c(Cl)cccc1Cl. The van der Waals surface area contributed by atoms with Crippen LogP contribution in [0.25, 0.3) is 0 Å². The van der Waals surface area contributed by atoms with E-state index in [0.717, 1.165) is 24.3 Å². The minimum Gasteiger partial charge on any atom is -0.323 e. The van der Waals surface area contributed by atoms with Crippen LogP contribution in [0, 0.1) is 11.6 Å². The van der Waals surface area contributed by atoms with Gasteiger partial charge in [0.05, 0.1) is 26.9 Å². The molecule has 0 saturated carbocycles. The van der Waals surface area contributed by atoms with E-state index >= 15 is 4.39 Å². The van der Waals surface area contributed by atoms with Crippen molar-refractivity contribution in [2.45, 2.75) is 25.4 Å². The summed E-state index contributed by atoms with van der Waals surface area (Å²) in [6.45, 7) is 1.40. The number of allylic oxidation sites excluding steroid dienone is 4. The molecule has 0 fully saturated rings. The molecule has 0 bridgehead atoms. The maximum Gasteiger partial charge on any atom is 0.259 e. The lowest BCUT2D eigenvalue weighted by Gasteiger charge is -2.19. The molecule has 0 radical (unpaired) electrons. The number of alkyl halides is 1. The van der Waals surface area contributed by atoms with Gasteiger partial charge in [0.1, 0.15) is 23.6 Å².